The van der Waals surface area contributed by atoms with E-state index >= 15 is 0 Å². The molecule has 0 heterocycles. The van der Waals surface area contributed by atoms with Gasteiger partial charge in [0.15, 0.2) is 0 Å². The summed E-state index contributed by atoms with van der Waals surface area (Å²) >= 11 is 12.5. The van der Waals surface area contributed by atoms with E-state index in [1.54, 1.807) is 0 Å². The van der Waals surface area contributed by atoms with Crippen molar-refractivity contribution in [1.29, 1.82) is 0 Å². The first-order valence-electron chi connectivity index (χ1n) is 12.4. The van der Waals surface area contributed by atoms with Crippen LogP contribution >= 0.6 is 39.0 Å². The van der Waals surface area contributed by atoms with Crippen LogP contribution in [-0.2, 0) is 33.6 Å². The summed E-state index contributed by atoms with van der Waals surface area (Å²) in [6, 6.07) is 55.1. The normalized spacial score (nSPS) is 10.3. The molecule has 0 aromatic heterocycles. The zero-order valence-corrected chi connectivity index (χ0v) is 26.7. The predicted octanol–water partition coefficient (Wildman–Crippen LogP) is 7.63. The van der Waals surface area contributed by atoms with Crippen molar-refractivity contribution in [2.45, 2.75) is 0 Å². The van der Waals surface area contributed by atoms with Crippen LogP contribution in [0, 0.1) is 0 Å². The van der Waals surface area contributed by atoms with Gasteiger partial charge in [0.05, 0.1) is 0 Å². The SMILES string of the molecule is Clc1cc[c-](P(c2ccccc2)c2ccccc2)c1Cl.[Fe+2].[Ni+2].c1ccc(P(c2ccccc2)[c-]2cccc2)cc1. The zero-order chi connectivity index (χ0) is 26.2. The minimum absolute atomic E-state index is 0. The van der Waals surface area contributed by atoms with Crippen molar-refractivity contribution < 1.29 is 33.6 Å². The summed E-state index contributed by atoms with van der Waals surface area (Å²) in [6.07, 6.45) is 0. The fourth-order valence-electron chi connectivity index (χ4n) is 4.29. The van der Waals surface area contributed by atoms with E-state index in [0.29, 0.717) is 10.0 Å². The van der Waals surface area contributed by atoms with Gasteiger partial charge >= 0.3 is 33.6 Å². The van der Waals surface area contributed by atoms with Gasteiger partial charge in [0, 0.05) is 0 Å². The van der Waals surface area contributed by atoms with Gasteiger partial charge in [-0.15, -0.1) is 22.2 Å². The van der Waals surface area contributed by atoms with Gasteiger partial charge in [-0.2, -0.15) is 35.9 Å². The first-order valence-corrected chi connectivity index (χ1v) is 15.8. The van der Waals surface area contributed by atoms with Gasteiger partial charge in [-0.25, -0.2) is 12.1 Å². The van der Waals surface area contributed by atoms with Crippen molar-refractivity contribution in [3.05, 3.63) is 168 Å². The molecule has 0 fully saturated rings. The molecule has 40 heavy (non-hydrogen) atoms. The molecular formula is C34H26Cl2FeNiP2+2. The van der Waals surface area contributed by atoms with Crippen molar-refractivity contribution in [1.82, 2.24) is 0 Å². The van der Waals surface area contributed by atoms with Crippen molar-refractivity contribution in [3.63, 3.8) is 0 Å². The van der Waals surface area contributed by atoms with Gasteiger partial charge in [0.1, 0.15) is 0 Å². The number of hydrogen-bond donors (Lipinski definition) is 0. The molecule has 0 nitrogen and oxygen atoms in total. The maximum atomic E-state index is 6.39. The van der Waals surface area contributed by atoms with Crippen LogP contribution in [0.25, 0.3) is 0 Å². The molecule has 0 bridgehead atoms. The summed E-state index contributed by atoms with van der Waals surface area (Å²) in [5.74, 6) is 0. The molecule has 0 N–H and O–H groups in total. The Kier molecular flexibility index (Phi) is 13.4. The van der Waals surface area contributed by atoms with E-state index in [2.05, 4.69) is 133 Å². The molecule has 6 aromatic rings. The second kappa shape index (κ2) is 16.5. The first kappa shape index (κ1) is 32.5. The van der Waals surface area contributed by atoms with Gasteiger partial charge in [-0.3, -0.25) is 0 Å². The molecular weight excluding hydrogens is 656 g/mol. The van der Waals surface area contributed by atoms with Gasteiger partial charge in [-0.05, 0) is 21.2 Å². The monoisotopic (exact) mass is 680 g/mol. The second-order valence-corrected chi connectivity index (χ2v) is 13.7. The Morgan fingerprint density at radius 1 is 0.425 bits per heavy atom. The molecule has 0 aliphatic heterocycles. The van der Waals surface area contributed by atoms with E-state index in [0.717, 1.165) is 5.30 Å². The molecule has 0 amide bonds. The molecule has 0 aliphatic rings. The fraction of sp³-hybridized carbons (Fsp3) is 0. The van der Waals surface area contributed by atoms with Crippen molar-refractivity contribution >= 4 is 70.9 Å². The maximum Gasteiger partial charge on any atom is 2.00 e. The second-order valence-electron chi connectivity index (χ2n) is 8.54. The molecule has 0 atom stereocenters. The minimum atomic E-state index is -0.662. The molecule has 0 saturated carbocycles. The Balaban J connectivity index is 0.000000211. The molecule has 0 spiro atoms. The number of hydrogen-bond acceptors (Lipinski definition) is 0. The van der Waals surface area contributed by atoms with Crippen molar-refractivity contribution in [2.75, 3.05) is 0 Å². The number of benzene rings is 4. The molecule has 6 rings (SSSR count). The Bertz CT molecular complexity index is 1450. The molecule has 6 aromatic carbocycles. The summed E-state index contributed by atoms with van der Waals surface area (Å²) in [5, 5.41) is 9.20. The minimum Gasteiger partial charge on any atom is -0.213 e. The third-order valence-corrected chi connectivity index (χ3v) is 11.9. The molecule has 6 heteroatoms. The number of rotatable bonds is 6. The fourth-order valence-corrected chi connectivity index (χ4v) is 9.54. The van der Waals surface area contributed by atoms with E-state index in [9.17, 15) is 0 Å². The van der Waals surface area contributed by atoms with Gasteiger partial charge in [0.2, 0.25) is 0 Å². The summed E-state index contributed by atoms with van der Waals surface area (Å²) < 4.78 is 0. The molecule has 0 unspecified atom stereocenters. The van der Waals surface area contributed by atoms with Gasteiger partial charge < -0.3 is 0 Å². The predicted molar refractivity (Wildman–Crippen MR) is 172 cm³/mol. The van der Waals surface area contributed by atoms with E-state index in [-0.39, 0.29) is 33.6 Å². The van der Waals surface area contributed by atoms with E-state index in [1.165, 1.54) is 26.5 Å². The van der Waals surface area contributed by atoms with Crippen LogP contribution in [0.3, 0.4) is 0 Å². The largest absolute Gasteiger partial charge is 2.00 e. The van der Waals surface area contributed by atoms with Crippen LogP contribution in [0.5, 0.6) is 0 Å². The standard InChI is InChI=1S/C17H12Cl2P.C17H14P.Fe.Ni/c18-15-11-12-16(17(15)19)20(13-7-3-1-4-8-13)14-9-5-2-6-10-14;1-3-9-15(10-4-1)18(17-13-7-8-14-17)16-11-5-2-6-12-16;;/h1-12H;1-14H;;/q2*-1;2*+2. The van der Waals surface area contributed by atoms with Crippen LogP contribution in [0.15, 0.2) is 158 Å². The summed E-state index contributed by atoms with van der Waals surface area (Å²) in [6.45, 7) is 0. The smallest absolute Gasteiger partial charge is 0.213 e. The van der Waals surface area contributed by atoms with Gasteiger partial charge in [0.25, 0.3) is 0 Å². The number of halogens is 2. The van der Waals surface area contributed by atoms with Crippen LogP contribution in [0.2, 0.25) is 10.0 Å². The van der Waals surface area contributed by atoms with Crippen molar-refractivity contribution in [3.8, 4) is 0 Å². The molecule has 0 radical (unpaired) electrons. The maximum absolute atomic E-state index is 6.39. The third-order valence-electron chi connectivity index (χ3n) is 6.02. The average molecular weight is 682 g/mol. The summed E-state index contributed by atoms with van der Waals surface area (Å²) in [4.78, 5) is 0. The quantitative estimate of drug-likeness (QED) is 0.0964. The Morgan fingerprint density at radius 3 is 1.10 bits per heavy atom. The Morgan fingerprint density at radius 2 is 0.775 bits per heavy atom. The van der Waals surface area contributed by atoms with E-state index in [4.69, 9.17) is 23.2 Å². The van der Waals surface area contributed by atoms with Crippen LogP contribution in [0.4, 0.5) is 0 Å². The van der Waals surface area contributed by atoms with Crippen molar-refractivity contribution in [2.24, 2.45) is 0 Å². The van der Waals surface area contributed by atoms with E-state index < -0.39 is 15.8 Å². The zero-order valence-electron chi connectivity index (χ0n) is 21.3. The average Bonchev–Trinajstić information content (AvgIpc) is 3.63. The topological polar surface area (TPSA) is 0 Å². The van der Waals surface area contributed by atoms with Crippen LogP contribution < -0.4 is 31.8 Å². The van der Waals surface area contributed by atoms with E-state index in [1.807, 2.05) is 24.3 Å². The Hall–Kier alpha value is -1.97. The van der Waals surface area contributed by atoms with Crippen LogP contribution in [-0.4, -0.2) is 0 Å². The third kappa shape index (κ3) is 8.07. The summed E-state index contributed by atoms with van der Waals surface area (Å²) in [7, 11) is -1.07. The molecule has 0 aliphatic carbocycles. The molecule has 0 saturated heterocycles. The summed E-state index contributed by atoms with van der Waals surface area (Å²) in [5.41, 5.74) is 0. The molecule has 202 valence electrons. The van der Waals surface area contributed by atoms with Crippen LogP contribution in [0.1, 0.15) is 0 Å². The Labute approximate surface area is 270 Å². The van der Waals surface area contributed by atoms with Gasteiger partial charge in [-0.1, -0.05) is 147 Å². The first-order chi connectivity index (χ1) is 18.7.